The molecule has 1 aromatic heterocycles. The highest BCUT2D eigenvalue weighted by Crippen LogP contribution is 2.43. The van der Waals surface area contributed by atoms with E-state index in [1.807, 2.05) is 0 Å². The molecule has 0 unspecified atom stereocenters. The van der Waals surface area contributed by atoms with Crippen LogP contribution in [0, 0.1) is 12.3 Å². The Morgan fingerprint density at radius 2 is 1.64 bits per heavy atom. The van der Waals surface area contributed by atoms with Gasteiger partial charge in [0.05, 0.1) is 5.69 Å². The van der Waals surface area contributed by atoms with E-state index in [1.165, 1.54) is 63.6 Å². The number of likely N-dealkylation sites (tertiary alicyclic amines) is 1. The van der Waals surface area contributed by atoms with E-state index in [1.54, 1.807) is 0 Å². The molecule has 28 heavy (non-hydrogen) atoms. The summed E-state index contributed by atoms with van der Waals surface area (Å²) in [6.45, 7) is 7.03. The zero-order valence-electron chi connectivity index (χ0n) is 17.1. The van der Waals surface area contributed by atoms with Crippen LogP contribution in [-0.2, 0) is 0 Å². The van der Waals surface area contributed by atoms with Gasteiger partial charge in [-0.15, -0.1) is 10.2 Å². The van der Waals surface area contributed by atoms with Crippen LogP contribution in [0.4, 0.5) is 5.82 Å². The first-order chi connectivity index (χ1) is 13.7. The molecule has 1 aromatic carbocycles. The summed E-state index contributed by atoms with van der Waals surface area (Å²) in [4.78, 5) is 5.22. The Morgan fingerprint density at radius 1 is 0.893 bits per heavy atom. The van der Waals surface area contributed by atoms with Crippen LogP contribution in [0.15, 0.2) is 36.4 Å². The van der Waals surface area contributed by atoms with Crippen molar-refractivity contribution in [3.63, 3.8) is 0 Å². The lowest BCUT2D eigenvalue weighted by atomic mass is 9.70. The molecule has 0 atom stereocenters. The summed E-state index contributed by atoms with van der Waals surface area (Å²) >= 11 is 0. The van der Waals surface area contributed by atoms with Gasteiger partial charge >= 0.3 is 0 Å². The van der Waals surface area contributed by atoms with Crippen molar-refractivity contribution in [2.45, 2.75) is 57.9 Å². The molecule has 1 saturated carbocycles. The molecule has 148 valence electrons. The minimum Gasteiger partial charge on any atom is -0.355 e. The molecule has 2 aromatic rings. The lowest BCUT2D eigenvalue weighted by molar-refractivity contribution is 0.0305. The maximum absolute atomic E-state index is 4.56. The molecule has 1 spiro atoms. The van der Waals surface area contributed by atoms with Crippen molar-refractivity contribution in [2.24, 2.45) is 5.41 Å². The molecule has 3 fully saturated rings. The molecule has 2 saturated heterocycles. The van der Waals surface area contributed by atoms with E-state index in [0.29, 0.717) is 5.41 Å². The smallest absolute Gasteiger partial charge is 0.151 e. The predicted octanol–water partition coefficient (Wildman–Crippen LogP) is 4.69. The van der Waals surface area contributed by atoms with Gasteiger partial charge in [-0.25, -0.2) is 0 Å². The molecule has 0 N–H and O–H groups in total. The molecule has 0 amide bonds. The molecule has 0 bridgehead atoms. The maximum Gasteiger partial charge on any atom is 0.151 e. The number of anilines is 1. The zero-order chi connectivity index (χ0) is 19.0. The summed E-state index contributed by atoms with van der Waals surface area (Å²) in [6.07, 6.45) is 9.76. The molecule has 4 heteroatoms. The van der Waals surface area contributed by atoms with Gasteiger partial charge in [0.1, 0.15) is 0 Å². The molecule has 2 aliphatic heterocycles. The first-order valence-corrected chi connectivity index (χ1v) is 11.1. The number of aryl methyl sites for hydroxylation is 1. The summed E-state index contributed by atoms with van der Waals surface area (Å²) in [7, 11) is 0. The Kier molecular flexibility index (Phi) is 4.83. The summed E-state index contributed by atoms with van der Waals surface area (Å²) in [5, 5.41) is 9.08. The van der Waals surface area contributed by atoms with Crippen LogP contribution >= 0.6 is 0 Å². The van der Waals surface area contributed by atoms with E-state index in [2.05, 4.69) is 63.3 Å². The van der Waals surface area contributed by atoms with Crippen LogP contribution in [0.1, 0.15) is 50.5 Å². The van der Waals surface area contributed by atoms with Crippen molar-refractivity contribution in [3.05, 3.63) is 42.0 Å². The quantitative estimate of drug-likeness (QED) is 0.778. The summed E-state index contributed by atoms with van der Waals surface area (Å²) < 4.78 is 0. The molecular weight excluding hydrogens is 344 g/mol. The van der Waals surface area contributed by atoms with E-state index in [4.69, 9.17) is 0 Å². The Balaban J connectivity index is 1.19. The predicted molar refractivity (Wildman–Crippen MR) is 115 cm³/mol. The molecule has 0 radical (unpaired) electrons. The van der Waals surface area contributed by atoms with Crippen LogP contribution in [-0.4, -0.2) is 47.3 Å². The number of rotatable bonds is 3. The fraction of sp³-hybridized carbons (Fsp3) is 0.583. The molecule has 5 rings (SSSR count). The van der Waals surface area contributed by atoms with Gasteiger partial charge in [0.25, 0.3) is 0 Å². The Hall–Kier alpha value is -1.94. The van der Waals surface area contributed by atoms with Crippen LogP contribution in [0.5, 0.6) is 0 Å². The first kappa shape index (κ1) is 18.1. The van der Waals surface area contributed by atoms with Gasteiger partial charge in [0.2, 0.25) is 0 Å². The summed E-state index contributed by atoms with van der Waals surface area (Å²) in [5.74, 6) is 1.04. The number of hydrogen-bond donors (Lipinski definition) is 0. The molecular formula is C24H32N4. The van der Waals surface area contributed by atoms with Gasteiger partial charge in [-0.3, -0.25) is 0 Å². The lowest BCUT2D eigenvalue weighted by Gasteiger charge is -2.50. The van der Waals surface area contributed by atoms with Crippen LogP contribution < -0.4 is 4.90 Å². The molecule has 3 aliphatic rings. The van der Waals surface area contributed by atoms with E-state index in [-0.39, 0.29) is 0 Å². The zero-order valence-corrected chi connectivity index (χ0v) is 17.1. The minimum atomic E-state index is 0.589. The highest BCUT2D eigenvalue weighted by atomic mass is 15.3. The van der Waals surface area contributed by atoms with Crippen molar-refractivity contribution in [1.82, 2.24) is 15.1 Å². The van der Waals surface area contributed by atoms with Crippen molar-refractivity contribution in [2.75, 3.05) is 31.1 Å². The summed E-state index contributed by atoms with van der Waals surface area (Å²) in [5.41, 5.74) is 3.96. The van der Waals surface area contributed by atoms with Gasteiger partial charge in [0, 0.05) is 24.7 Å². The van der Waals surface area contributed by atoms with Crippen LogP contribution in [0.25, 0.3) is 11.3 Å². The second-order valence-electron chi connectivity index (χ2n) is 9.25. The maximum atomic E-state index is 4.56. The Labute approximate surface area is 169 Å². The molecule has 1 aliphatic carbocycles. The van der Waals surface area contributed by atoms with Crippen LogP contribution in [0.2, 0.25) is 0 Å². The second-order valence-corrected chi connectivity index (χ2v) is 9.25. The first-order valence-electron chi connectivity index (χ1n) is 11.1. The monoisotopic (exact) mass is 376 g/mol. The SMILES string of the molecule is Cc1cccc(-c2ccc(N3CCC4(CC3)CCN(C3CCC3)CC4)nn2)c1. The van der Waals surface area contributed by atoms with Gasteiger partial charge in [0.15, 0.2) is 5.82 Å². The van der Waals surface area contributed by atoms with Crippen molar-refractivity contribution in [1.29, 1.82) is 0 Å². The second kappa shape index (κ2) is 7.47. The average Bonchev–Trinajstić information content (AvgIpc) is 2.69. The largest absolute Gasteiger partial charge is 0.355 e. The number of benzene rings is 1. The van der Waals surface area contributed by atoms with E-state index < -0.39 is 0 Å². The third-order valence-corrected chi connectivity index (χ3v) is 7.56. The van der Waals surface area contributed by atoms with E-state index >= 15 is 0 Å². The number of nitrogens with zero attached hydrogens (tertiary/aromatic N) is 4. The minimum absolute atomic E-state index is 0.589. The Bertz CT molecular complexity index is 794. The van der Waals surface area contributed by atoms with Crippen molar-refractivity contribution < 1.29 is 0 Å². The topological polar surface area (TPSA) is 32.3 Å². The fourth-order valence-electron chi connectivity index (χ4n) is 5.28. The fourth-order valence-corrected chi connectivity index (χ4v) is 5.28. The average molecular weight is 377 g/mol. The van der Waals surface area contributed by atoms with Crippen LogP contribution in [0.3, 0.4) is 0 Å². The van der Waals surface area contributed by atoms with Gasteiger partial charge in [-0.05, 0) is 82.2 Å². The van der Waals surface area contributed by atoms with Gasteiger partial charge < -0.3 is 9.80 Å². The summed E-state index contributed by atoms with van der Waals surface area (Å²) in [6, 6.07) is 13.7. The van der Waals surface area contributed by atoms with Gasteiger partial charge in [-0.1, -0.05) is 30.2 Å². The van der Waals surface area contributed by atoms with E-state index in [0.717, 1.165) is 36.2 Å². The Morgan fingerprint density at radius 3 is 2.25 bits per heavy atom. The van der Waals surface area contributed by atoms with Crippen molar-refractivity contribution >= 4 is 5.82 Å². The number of piperidine rings is 2. The third kappa shape index (κ3) is 3.55. The number of hydrogen-bond acceptors (Lipinski definition) is 4. The number of aromatic nitrogens is 2. The standard InChI is InChI=1S/C24H32N4/c1-19-4-2-5-20(18-19)22-8-9-23(26-25-22)28-16-12-24(13-17-28)10-14-27(15-11-24)21-6-3-7-21/h2,4-5,8-9,18,21H,3,6-7,10-17H2,1H3. The van der Waals surface area contributed by atoms with Crippen molar-refractivity contribution in [3.8, 4) is 11.3 Å². The van der Waals surface area contributed by atoms with E-state index in [9.17, 15) is 0 Å². The molecule has 4 nitrogen and oxygen atoms in total. The normalized spacial score (nSPS) is 23.0. The highest BCUT2D eigenvalue weighted by Gasteiger charge is 2.39. The van der Waals surface area contributed by atoms with Gasteiger partial charge in [-0.2, -0.15) is 0 Å². The lowest BCUT2D eigenvalue weighted by Crippen LogP contribution is -2.51. The molecule has 3 heterocycles. The third-order valence-electron chi connectivity index (χ3n) is 7.56. The highest BCUT2D eigenvalue weighted by molar-refractivity contribution is 5.60.